The van der Waals surface area contributed by atoms with Crippen LogP contribution in [0, 0.1) is 10.1 Å². The number of nitrogens with zero attached hydrogens (tertiary/aromatic N) is 1. The smallest absolute Gasteiger partial charge is 0.319 e. The molecule has 8 heteroatoms. The van der Waals surface area contributed by atoms with Gasteiger partial charge in [0.05, 0.1) is 12.0 Å². The summed E-state index contributed by atoms with van der Waals surface area (Å²) in [6, 6.07) is 11.1. The van der Waals surface area contributed by atoms with E-state index in [1.807, 2.05) is 24.4 Å². The van der Waals surface area contributed by atoms with Crippen molar-refractivity contribution in [2.75, 3.05) is 19.0 Å². The van der Waals surface area contributed by atoms with Gasteiger partial charge >= 0.3 is 6.03 Å². The summed E-state index contributed by atoms with van der Waals surface area (Å²) in [6.07, 6.45) is 2.57. The Hall–Kier alpha value is -3.55. The van der Waals surface area contributed by atoms with Crippen LogP contribution in [0.2, 0.25) is 0 Å². The third kappa shape index (κ3) is 3.92. The van der Waals surface area contributed by atoms with Gasteiger partial charge in [-0.2, -0.15) is 0 Å². The van der Waals surface area contributed by atoms with Crippen LogP contribution in [0.5, 0.6) is 5.75 Å². The van der Waals surface area contributed by atoms with Crippen molar-refractivity contribution in [1.29, 1.82) is 0 Å². The molecule has 26 heavy (non-hydrogen) atoms. The zero-order chi connectivity index (χ0) is 18.5. The molecule has 0 aliphatic heterocycles. The number of ether oxygens (including phenoxy) is 1. The van der Waals surface area contributed by atoms with E-state index in [4.69, 9.17) is 4.74 Å². The third-order valence-corrected chi connectivity index (χ3v) is 3.99. The van der Waals surface area contributed by atoms with Crippen molar-refractivity contribution in [3.8, 4) is 5.75 Å². The molecule has 8 nitrogen and oxygen atoms in total. The highest BCUT2D eigenvalue weighted by Crippen LogP contribution is 2.23. The maximum atomic E-state index is 11.9. The van der Waals surface area contributed by atoms with E-state index >= 15 is 0 Å². The second-order valence-electron chi connectivity index (χ2n) is 5.66. The highest BCUT2D eigenvalue weighted by molar-refractivity contribution is 5.89. The minimum atomic E-state index is -0.486. The third-order valence-electron chi connectivity index (χ3n) is 3.99. The Labute approximate surface area is 149 Å². The normalized spacial score (nSPS) is 10.5. The molecular weight excluding hydrogens is 336 g/mol. The monoisotopic (exact) mass is 354 g/mol. The standard InChI is InChI=1S/C18H18N4O4/c1-26-15-6-7-17-16(10-15)12(11-20-17)8-9-19-18(23)21-13-2-4-14(5-3-13)22(24)25/h2-7,10-11,20H,8-9H2,1H3,(H2,19,21,23). The lowest BCUT2D eigenvalue weighted by Gasteiger charge is -2.07. The van der Waals surface area contributed by atoms with Gasteiger partial charge in [0.2, 0.25) is 0 Å². The molecule has 0 bridgehead atoms. The summed E-state index contributed by atoms with van der Waals surface area (Å²) in [4.78, 5) is 25.3. The molecule has 0 fully saturated rings. The first-order chi connectivity index (χ1) is 12.6. The van der Waals surface area contributed by atoms with Crippen LogP contribution >= 0.6 is 0 Å². The Balaban J connectivity index is 1.54. The summed E-state index contributed by atoms with van der Waals surface area (Å²) in [5.74, 6) is 0.780. The second-order valence-corrected chi connectivity index (χ2v) is 5.66. The fraction of sp³-hybridized carbons (Fsp3) is 0.167. The van der Waals surface area contributed by atoms with Gasteiger partial charge in [-0.3, -0.25) is 10.1 Å². The molecule has 2 amide bonds. The van der Waals surface area contributed by atoms with Gasteiger partial charge in [0.1, 0.15) is 5.75 Å². The average Bonchev–Trinajstić information content (AvgIpc) is 3.04. The fourth-order valence-electron chi connectivity index (χ4n) is 2.64. The molecular formula is C18H18N4O4. The minimum absolute atomic E-state index is 0.0225. The first-order valence-corrected chi connectivity index (χ1v) is 8.00. The summed E-state index contributed by atoms with van der Waals surface area (Å²) in [5.41, 5.74) is 2.56. The highest BCUT2D eigenvalue weighted by atomic mass is 16.6. The number of hydrogen-bond acceptors (Lipinski definition) is 4. The Bertz CT molecular complexity index is 934. The number of H-pyrrole nitrogens is 1. The molecule has 1 heterocycles. The number of nitro benzene ring substituents is 1. The number of urea groups is 1. The van der Waals surface area contributed by atoms with Gasteiger partial charge in [0.15, 0.2) is 0 Å². The van der Waals surface area contributed by atoms with Crippen molar-refractivity contribution in [2.24, 2.45) is 0 Å². The molecule has 0 unspecified atom stereocenters. The molecule has 0 aliphatic carbocycles. The van der Waals surface area contributed by atoms with Crippen LogP contribution < -0.4 is 15.4 Å². The van der Waals surface area contributed by atoms with Crippen molar-refractivity contribution in [3.63, 3.8) is 0 Å². The highest BCUT2D eigenvalue weighted by Gasteiger charge is 2.08. The molecule has 0 aliphatic rings. The van der Waals surface area contributed by atoms with Crippen LogP contribution in [0.1, 0.15) is 5.56 Å². The van der Waals surface area contributed by atoms with Crippen molar-refractivity contribution in [2.45, 2.75) is 6.42 Å². The number of aromatic amines is 1. The summed E-state index contributed by atoms with van der Waals surface area (Å²) in [7, 11) is 1.62. The van der Waals surface area contributed by atoms with Crippen molar-refractivity contribution >= 4 is 28.3 Å². The number of nitrogens with one attached hydrogen (secondary N) is 3. The van der Waals surface area contributed by atoms with E-state index in [9.17, 15) is 14.9 Å². The first-order valence-electron chi connectivity index (χ1n) is 8.00. The Kier molecular flexibility index (Phi) is 5.02. The molecule has 3 aromatic rings. The first kappa shape index (κ1) is 17.3. The Morgan fingerprint density at radius 1 is 1.23 bits per heavy atom. The van der Waals surface area contributed by atoms with Gasteiger partial charge in [-0.15, -0.1) is 0 Å². The van der Waals surface area contributed by atoms with Crippen LogP contribution in [0.15, 0.2) is 48.7 Å². The molecule has 2 aromatic carbocycles. The molecule has 0 radical (unpaired) electrons. The predicted molar refractivity (Wildman–Crippen MR) is 98.7 cm³/mol. The maximum Gasteiger partial charge on any atom is 0.319 e. The number of amides is 2. The van der Waals surface area contributed by atoms with Crippen LogP contribution in [-0.4, -0.2) is 29.6 Å². The average molecular weight is 354 g/mol. The Morgan fingerprint density at radius 2 is 2.00 bits per heavy atom. The summed E-state index contributed by atoms with van der Waals surface area (Å²) in [5, 5.41) is 17.1. The number of non-ortho nitro benzene ring substituents is 1. The molecule has 0 spiro atoms. The van der Waals surface area contributed by atoms with Crippen LogP contribution in [0.3, 0.4) is 0 Å². The number of nitro groups is 1. The number of carbonyl (C=O) groups is 1. The van der Waals surface area contributed by atoms with Gasteiger partial charge < -0.3 is 20.4 Å². The number of methoxy groups -OCH3 is 1. The molecule has 134 valence electrons. The fourth-order valence-corrected chi connectivity index (χ4v) is 2.64. The van der Waals surface area contributed by atoms with Gasteiger partial charge in [-0.05, 0) is 42.3 Å². The zero-order valence-corrected chi connectivity index (χ0v) is 14.1. The molecule has 3 N–H and O–H groups in total. The summed E-state index contributed by atoms with van der Waals surface area (Å²) < 4.78 is 5.24. The van der Waals surface area contributed by atoms with Gasteiger partial charge in [-0.1, -0.05) is 0 Å². The number of fused-ring (bicyclic) bond motifs is 1. The van der Waals surface area contributed by atoms with Crippen molar-refractivity contribution < 1.29 is 14.5 Å². The molecule has 0 saturated carbocycles. The molecule has 1 aromatic heterocycles. The van der Waals surface area contributed by atoms with Crippen LogP contribution in [0.4, 0.5) is 16.2 Å². The lowest BCUT2D eigenvalue weighted by atomic mass is 10.1. The van der Waals surface area contributed by atoms with E-state index in [1.54, 1.807) is 7.11 Å². The molecule has 0 saturated heterocycles. The SMILES string of the molecule is COc1ccc2[nH]cc(CCNC(=O)Nc3ccc([N+](=O)[O-])cc3)c2c1. The van der Waals surface area contributed by atoms with Crippen molar-refractivity contribution in [1.82, 2.24) is 10.3 Å². The number of aromatic nitrogens is 1. The van der Waals surface area contributed by atoms with E-state index in [-0.39, 0.29) is 11.7 Å². The second kappa shape index (κ2) is 7.56. The summed E-state index contributed by atoms with van der Waals surface area (Å²) >= 11 is 0. The summed E-state index contributed by atoms with van der Waals surface area (Å²) in [6.45, 7) is 0.447. The van der Waals surface area contributed by atoms with Gasteiger partial charge in [-0.25, -0.2) is 4.79 Å². The molecule has 0 atom stereocenters. The van der Waals surface area contributed by atoms with E-state index in [0.29, 0.717) is 18.7 Å². The van der Waals surface area contributed by atoms with Gasteiger partial charge in [0.25, 0.3) is 5.69 Å². The number of hydrogen-bond donors (Lipinski definition) is 3. The van der Waals surface area contributed by atoms with E-state index in [1.165, 1.54) is 24.3 Å². The number of benzene rings is 2. The van der Waals surface area contributed by atoms with E-state index in [0.717, 1.165) is 22.2 Å². The van der Waals surface area contributed by atoms with Crippen LogP contribution in [-0.2, 0) is 6.42 Å². The quantitative estimate of drug-likeness (QED) is 0.465. The molecule has 3 rings (SSSR count). The van der Waals surface area contributed by atoms with Gasteiger partial charge in [0, 0.05) is 41.5 Å². The van der Waals surface area contributed by atoms with Crippen molar-refractivity contribution in [3.05, 3.63) is 64.3 Å². The lowest BCUT2D eigenvalue weighted by Crippen LogP contribution is -2.30. The number of rotatable bonds is 6. The minimum Gasteiger partial charge on any atom is -0.497 e. The Morgan fingerprint density at radius 3 is 2.69 bits per heavy atom. The van der Waals surface area contributed by atoms with E-state index in [2.05, 4.69) is 15.6 Å². The lowest BCUT2D eigenvalue weighted by molar-refractivity contribution is -0.384. The predicted octanol–water partition coefficient (Wildman–Crippen LogP) is 3.45. The maximum absolute atomic E-state index is 11.9. The topological polar surface area (TPSA) is 109 Å². The largest absolute Gasteiger partial charge is 0.497 e. The van der Waals surface area contributed by atoms with E-state index < -0.39 is 4.92 Å². The number of carbonyl (C=O) groups excluding carboxylic acids is 1. The van der Waals surface area contributed by atoms with Crippen LogP contribution in [0.25, 0.3) is 10.9 Å². The number of anilines is 1. The zero-order valence-electron chi connectivity index (χ0n) is 14.1.